The topological polar surface area (TPSA) is 44.4 Å². The summed E-state index contributed by atoms with van der Waals surface area (Å²) >= 11 is 5.71. The summed E-state index contributed by atoms with van der Waals surface area (Å²) in [6.45, 7) is 4.38. The molecule has 0 aliphatic carbocycles. The number of benzene rings is 2. The summed E-state index contributed by atoms with van der Waals surface area (Å²) in [4.78, 5) is 2.45. The number of aromatic nitrogens is 3. The zero-order valence-electron chi connectivity index (χ0n) is 17.7. The van der Waals surface area contributed by atoms with Crippen LogP contribution in [-0.4, -0.2) is 39.5 Å². The van der Waals surface area contributed by atoms with Crippen LogP contribution in [0.4, 0.5) is 0 Å². The van der Waals surface area contributed by atoms with Crippen LogP contribution in [0.25, 0.3) is 11.4 Å². The van der Waals surface area contributed by atoms with Gasteiger partial charge in [-0.15, -0.1) is 0 Å². The molecule has 7 heteroatoms. The zero-order valence-corrected chi connectivity index (χ0v) is 18.6. The van der Waals surface area contributed by atoms with Gasteiger partial charge in [0.2, 0.25) is 0 Å². The number of hydrogen-bond donors (Lipinski definition) is 0. The number of ether oxygens (including phenoxy) is 2. The van der Waals surface area contributed by atoms with E-state index in [9.17, 15) is 0 Å². The first-order chi connectivity index (χ1) is 14.6. The molecule has 1 aliphatic heterocycles. The lowest BCUT2D eigenvalue weighted by Gasteiger charge is -2.24. The molecule has 1 saturated heterocycles. The highest BCUT2D eigenvalue weighted by Crippen LogP contribution is 2.34. The Bertz CT molecular complexity index is 1060. The summed E-state index contributed by atoms with van der Waals surface area (Å²) in [6.07, 6.45) is 2.30. The smallest absolute Gasteiger partial charge is 0.199 e. The van der Waals surface area contributed by atoms with E-state index in [4.69, 9.17) is 26.8 Å². The Labute approximate surface area is 182 Å². The Balaban J connectivity index is 1.59. The minimum Gasteiger partial charge on any atom is -0.496 e. The van der Waals surface area contributed by atoms with Crippen molar-refractivity contribution in [1.29, 1.82) is 0 Å². The summed E-state index contributed by atoms with van der Waals surface area (Å²) < 4.78 is 15.7. The first kappa shape index (κ1) is 20.6. The van der Waals surface area contributed by atoms with Crippen molar-refractivity contribution in [3.8, 4) is 22.9 Å². The molecule has 0 unspecified atom stereocenters. The molecule has 6 nitrogen and oxygen atoms in total. The molecule has 2 aromatic carbocycles. The molecule has 2 heterocycles. The number of likely N-dealkylation sites (tertiary alicyclic amines) is 1. The molecule has 0 N–H and O–H groups in total. The predicted molar refractivity (Wildman–Crippen MR) is 120 cm³/mol. The molecular formula is C23H28N4O2S. The molecule has 1 aliphatic rings. The average Bonchev–Trinajstić information content (AvgIpc) is 3.35. The molecule has 3 aromatic rings. The van der Waals surface area contributed by atoms with Gasteiger partial charge in [-0.1, -0.05) is 24.3 Å². The number of hydrogen-bond acceptors (Lipinski definition) is 5. The van der Waals surface area contributed by atoms with E-state index in [1.54, 1.807) is 7.11 Å². The highest BCUT2D eigenvalue weighted by atomic mass is 32.1. The summed E-state index contributed by atoms with van der Waals surface area (Å²) in [6, 6.07) is 16.7. The molecule has 4 rings (SSSR count). The van der Waals surface area contributed by atoms with Crippen molar-refractivity contribution in [2.45, 2.75) is 32.5 Å². The lowest BCUT2D eigenvalue weighted by Crippen LogP contribution is -2.27. The van der Waals surface area contributed by atoms with Crippen LogP contribution >= 0.6 is 12.2 Å². The van der Waals surface area contributed by atoms with Gasteiger partial charge in [0, 0.05) is 19.6 Å². The number of rotatable bonds is 7. The van der Waals surface area contributed by atoms with Crippen LogP contribution in [0.3, 0.4) is 0 Å². The van der Waals surface area contributed by atoms with E-state index in [-0.39, 0.29) is 0 Å². The average molecular weight is 425 g/mol. The molecule has 30 heavy (non-hydrogen) atoms. The lowest BCUT2D eigenvalue weighted by atomic mass is 10.0. The van der Waals surface area contributed by atoms with Gasteiger partial charge in [-0.2, -0.15) is 5.10 Å². The van der Waals surface area contributed by atoms with Gasteiger partial charge in [0.1, 0.15) is 11.5 Å². The fourth-order valence-electron chi connectivity index (χ4n) is 4.14. The number of methoxy groups -OCH3 is 1. The normalized spacial score (nSPS) is 16.7. The van der Waals surface area contributed by atoms with E-state index in [2.05, 4.69) is 29.2 Å². The van der Waals surface area contributed by atoms with Crippen molar-refractivity contribution >= 4 is 12.2 Å². The third-order valence-corrected chi connectivity index (χ3v) is 6.13. The molecule has 0 spiro atoms. The molecule has 158 valence electrons. The van der Waals surface area contributed by atoms with Crippen LogP contribution in [0, 0.1) is 4.77 Å². The molecule has 0 radical (unpaired) electrons. The second-order valence-corrected chi connectivity index (χ2v) is 7.84. The predicted octanol–water partition coefficient (Wildman–Crippen LogP) is 4.82. The first-order valence-electron chi connectivity index (χ1n) is 10.4. The van der Waals surface area contributed by atoms with E-state index in [1.807, 2.05) is 47.5 Å². The molecule has 0 bridgehead atoms. The van der Waals surface area contributed by atoms with E-state index < -0.39 is 0 Å². The van der Waals surface area contributed by atoms with Crippen molar-refractivity contribution in [2.75, 3.05) is 20.3 Å². The van der Waals surface area contributed by atoms with Crippen LogP contribution in [-0.2, 0) is 13.7 Å². The van der Waals surface area contributed by atoms with Gasteiger partial charge in [-0.25, -0.2) is 4.68 Å². The quantitative estimate of drug-likeness (QED) is 0.509. The van der Waals surface area contributed by atoms with Gasteiger partial charge in [0.25, 0.3) is 0 Å². The van der Waals surface area contributed by atoms with Gasteiger partial charge in [-0.3, -0.25) is 4.90 Å². The van der Waals surface area contributed by atoms with Crippen LogP contribution in [0.1, 0.15) is 31.4 Å². The highest BCUT2D eigenvalue weighted by molar-refractivity contribution is 7.71. The third-order valence-electron chi connectivity index (χ3n) is 5.64. The third kappa shape index (κ3) is 4.00. The molecule has 1 fully saturated rings. The van der Waals surface area contributed by atoms with Crippen molar-refractivity contribution in [3.05, 3.63) is 58.9 Å². The van der Waals surface area contributed by atoms with Crippen LogP contribution in [0.15, 0.2) is 48.5 Å². The Morgan fingerprint density at radius 1 is 1.13 bits per heavy atom. The minimum absolute atomic E-state index is 0.360. The molecular weight excluding hydrogens is 396 g/mol. The highest BCUT2D eigenvalue weighted by Gasteiger charge is 2.27. The van der Waals surface area contributed by atoms with Crippen molar-refractivity contribution < 1.29 is 9.47 Å². The Morgan fingerprint density at radius 3 is 2.63 bits per heavy atom. The van der Waals surface area contributed by atoms with Crippen LogP contribution < -0.4 is 9.47 Å². The van der Waals surface area contributed by atoms with Crippen molar-refractivity contribution in [1.82, 2.24) is 19.2 Å². The van der Waals surface area contributed by atoms with E-state index in [0.29, 0.717) is 24.1 Å². The van der Waals surface area contributed by atoms with E-state index in [1.165, 1.54) is 5.56 Å². The standard InChI is InChI=1S/C23H28N4O2S/c1-4-29-18-13-11-17(12-14-18)20-9-7-15-26(20)16-27-23(30)25(2)22(24-27)19-8-5-6-10-21(19)28-3/h5-6,8,10-14,20H,4,7,9,15-16H2,1-3H3/t20-/m1/s1. The molecule has 0 saturated carbocycles. The zero-order chi connectivity index (χ0) is 21.1. The maximum atomic E-state index is 5.71. The van der Waals surface area contributed by atoms with Gasteiger partial charge in [-0.05, 0) is 61.8 Å². The maximum Gasteiger partial charge on any atom is 0.199 e. The van der Waals surface area contributed by atoms with Gasteiger partial charge >= 0.3 is 0 Å². The summed E-state index contributed by atoms with van der Waals surface area (Å²) in [5, 5.41) is 4.85. The largest absolute Gasteiger partial charge is 0.496 e. The Kier molecular flexibility index (Phi) is 6.20. The second kappa shape index (κ2) is 9.02. The summed E-state index contributed by atoms with van der Waals surface area (Å²) in [5.74, 6) is 2.52. The van der Waals surface area contributed by atoms with E-state index in [0.717, 1.165) is 42.3 Å². The fraction of sp³-hybridized carbons (Fsp3) is 0.391. The first-order valence-corrected chi connectivity index (χ1v) is 10.8. The summed E-state index contributed by atoms with van der Waals surface area (Å²) in [5.41, 5.74) is 2.25. The van der Waals surface area contributed by atoms with Gasteiger partial charge in [0.05, 0.1) is 25.9 Å². The van der Waals surface area contributed by atoms with Gasteiger partial charge < -0.3 is 14.0 Å². The monoisotopic (exact) mass is 424 g/mol. The van der Waals surface area contributed by atoms with E-state index >= 15 is 0 Å². The Morgan fingerprint density at radius 2 is 1.90 bits per heavy atom. The van der Waals surface area contributed by atoms with Crippen molar-refractivity contribution in [2.24, 2.45) is 7.05 Å². The molecule has 1 atom stereocenters. The van der Waals surface area contributed by atoms with Gasteiger partial charge in [0.15, 0.2) is 10.6 Å². The fourth-order valence-corrected chi connectivity index (χ4v) is 4.33. The molecule has 1 aromatic heterocycles. The summed E-state index contributed by atoms with van der Waals surface area (Å²) in [7, 11) is 3.64. The SMILES string of the molecule is CCOc1ccc([C@H]2CCCN2Cn2nc(-c3ccccc3OC)n(C)c2=S)cc1. The molecule has 0 amide bonds. The van der Waals surface area contributed by atoms with Crippen molar-refractivity contribution in [3.63, 3.8) is 0 Å². The number of nitrogens with zero attached hydrogens (tertiary/aromatic N) is 4. The maximum absolute atomic E-state index is 5.71. The second-order valence-electron chi connectivity index (χ2n) is 7.48. The number of para-hydroxylation sites is 1. The van der Waals surface area contributed by atoms with Crippen LogP contribution in [0.5, 0.6) is 11.5 Å². The van der Waals surface area contributed by atoms with Crippen LogP contribution in [0.2, 0.25) is 0 Å². The lowest BCUT2D eigenvalue weighted by molar-refractivity contribution is 0.190. The Hall–Kier alpha value is -2.64. The minimum atomic E-state index is 0.360.